The van der Waals surface area contributed by atoms with Gasteiger partial charge in [-0.25, -0.2) is 0 Å². The fourth-order valence-corrected chi connectivity index (χ4v) is 3.72. The van der Waals surface area contributed by atoms with Crippen LogP contribution in [0.5, 0.6) is 5.75 Å². The van der Waals surface area contributed by atoms with E-state index in [-0.39, 0.29) is 12.5 Å². The average molecular weight is 411 g/mol. The molecular weight excluding hydrogens is 388 g/mol. The Morgan fingerprint density at radius 3 is 2.76 bits per heavy atom. The topological polar surface area (TPSA) is 69.0 Å². The number of ether oxygens (including phenoxy) is 1. The quantitative estimate of drug-likeness (QED) is 0.645. The van der Waals surface area contributed by atoms with E-state index in [2.05, 4.69) is 10.3 Å². The van der Waals surface area contributed by atoms with Crippen molar-refractivity contribution < 1.29 is 9.53 Å². The molecule has 1 aliphatic carbocycles. The first-order valence-corrected chi connectivity index (χ1v) is 10.2. The van der Waals surface area contributed by atoms with Crippen LogP contribution in [-0.2, 0) is 24.2 Å². The minimum absolute atomic E-state index is 0.0297. The molecule has 0 bridgehead atoms. The SMILES string of the molecule is O=C(COc1ccc(Cl)cc1)NCCn1nc(-c2ccccn2)c2c1CCCC2. The van der Waals surface area contributed by atoms with Gasteiger partial charge in [-0.05, 0) is 62.1 Å². The summed E-state index contributed by atoms with van der Waals surface area (Å²) in [7, 11) is 0. The molecule has 1 N–H and O–H groups in total. The highest BCUT2D eigenvalue weighted by Crippen LogP contribution is 2.30. The maximum Gasteiger partial charge on any atom is 0.258 e. The lowest BCUT2D eigenvalue weighted by Gasteiger charge is -2.14. The summed E-state index contributed by atoms with van der Waals surface area (Å²) in [6.45, 7) is 1.10. The average Bonchev–Trinajstić information content (AvgIpc) is 3.13. The Bertz CT molecular complexity index is 970. The van der Waals surface area contributed by atoms with Gasteiger partial charge in [-0.3, -0.25) is 14.5 Å². The highest BCUT2D eigenvalue weighted by Gasteiger charge is 2.22. The van der Waals surface area contributed by atoms with E-state index in [0.29, 0.717) is 23.9 Å². The van der Waals surface area contributed by atoms with E-state index in [1.54, 1.807) is 30.5 Å². The predicted molar refractivity (Wildman–Crippen MR) is 112 cm³/mol. The van der Waals surface area contributed by atoms with Crippen LogP contribution in [0.15, 0.2) is 48.7 Å². The van der Waals surface area contributed by atoms with Crippen molar-refractivity contribution in [2.24, 2.45) is 0 Å². The fourth-order valence-electron chi connectivity index (χ4n) is 3.60. The number of nitrogens with one attached hydrogen (secondary N) is 1. The van der Waals surface area contributed by atoms with Crippen LogP contribution in [0.4, 0.5) is 0 Å². The van der Waals surface area contributed by atoms with Crippen LogP contribution in [0, 0.1) is 0 Å². The number of hydrogen-bond donors (Lipinski definition) is 1. The summed E-state index contributed by atoms with van der Waals surface area (Å²) in [5.74, 6) is 0.455. The molecule has 0 saturated heterocycles. The molecule has 1 aromatic carbocycles. The number of nitrogens with zero attached hydrogens (tertiary/aromatic N) is 3. The molecule has 2 heterocycles. The molecule has 7 heteroatoms. The molecule has 0 radical (unpaired) electrons. The van der Waals surface area contributed by atoms with Crippen molar-refractivity contribution in [1.29, 1.82) is 0 Å². The summed E-state index contributed by atoms with van der Waals surface area (Å²) in [5.41, 5.74) is 4.44. The number of rotatable bonds is 7. The Labute approximate surface area is 174 Å². The summed E-state index contributed by atoms with van der Waals surface area (Å²) in [4.78, 5) is 16.6. The number of fused-ring (bicyclic) bond motifs is 1. The van der Waals surface area contributed by atoms with Crippen molar-refractivity contribution in [1.82, 2.24) is 20.1 Å². The Morgan fingerprint density at radius 2 is 1.97 bits per heavy atom. The molecule has 1 aliphatic rings. The number of benzene rings is 1. The Balaban J connectivity index is 1.35. The third kappa shape index (κ3) is 4.77. The van der Waals surface area contributed by atoms with Gasteiger partial charge in [-0.15, -0.1) is 0 Å². The lowest BCUT2D eigenvalue weighted by Crippen LogP contribution is -2.32. The fraction of sp³-hybridized carbons (Fsp3) is 0.318. The molecule has 1 amide bonds. The van der Waals surface area contributed by atoms with Crippen molar-refractivity contribution in [2.45, 2.75) is 32.2 Å². The Hall–Kier alpha value is -2.86. The van der Waals surface area contributed by atoms with E-state index >= 15 is 0 Å². The van der Waals surface area contributed by atoms with E-state index < -0.39 is 0 Å². The largest absolute Gasteiger partial charge is 0.484 e. The maximum absolute atomic E-state index is 12.1. The first kappa shape index (κ1) is 19.5. The molecule has 4 rings (SSSR count). The van der Waals surface area contributed by atoms with Crippen LogP contribution in [0.2, 0.25) is 5.02 Å². The zero-order valence-corrected chi connectivity index (χ0v) is 16.9. The van der Waals surface area contributed by atoms with Crippen LogP contribution in [0.3, 0.4) is 0 Å². The van der Waals surface area contributed by atoms with Gasteiger partial charge in [-0.1, -0.05) is 17.7 Å². The van der Waals surface area contributed by atoms with E-state index in [1.807, 2.05) is 22.9 Å². The molecule has 0 fully saturated rings. The number of aromatic nitrogens is 3. The number of pyridine rings is 1. The van der Waals surface area contributed by atoms with E-state index in [1.165, 1.54) is 24.1 Å². The number of amides is 1. The minimum Gasteiger partial charge on any atom is -0.484 e. The van der Waals surface area contributed by atoms with Gasteiger partial charge in [0.25, 0.3) is 5.91 Å². The zero-order valence-electron chi connectivity index (χ0n) is 16.1. The van der Waals surface area contributed by atoms with Gasteiger partial charge in [0, 0.05) is 29.0 Å². The number of carbonyl (C=O) groups is 1. The Kier molecular flexibility index (Phi) is 6.10. The molecule has 150 valence electrons. The lowest BCUT2D eigenvalue weighted by molar-refractivity contribution is -0.123. The molecule has 3 aromatic rings. The molecule has 2 aromatic heterocycles. The van der Waals surface area contributed by atoms with E-state index in [4.69, 9.17) is 21.4 Å². The van der Waals surface area contributed by atoms with Gasteiger partial charge in [0.2, 0.25) is 0 Å². The van der Waals surface area contributed by atoms with Crippen molar-refractivity contribution in [3.8, 4) is 17.1 Å². The second-order valence-electron chi connectivity index (χ2n) is 7.01. The predicted octanol–water partition coefficient (Wildman–Crippen LogP) is 3.67. The summed E-state index contributed by atoms with van der Waals surface area (Å²) in [6.07, 6.45) is 6.19. The molecule has 6 nitrogen and oxygen atoms in total. The lowest BCUT2D eigenvalue weighted by atomic mass is 9.95. The summed E-state index contributed by atoms with van der Waals surface area (Å²) in [5, 5.41) is 8.36. The van der Waals surface area contributed by atoms with Crippen LogP contribution in [0.1, 0.15) is 24.1 Å². The van der Waals surface area contributed by atoms with Crippen LogP contribution in [0.25, 0.3) is 11.4 Å². The first-order chi connectivity index (χ1) is 14.2. The van der Waals surface area contributed by atoms with Crippen molar-refractivity contribution >= 4 is 17.5 Å². The van der Waals surface area contributed by atoms with Crippen LogP contribution >= 0.6 is 11.6 Å². The molecule has 0 spiro atoms. The van der Waals surface area contributed by atoms with Crippen molar-refractivity contribution in [3.05, 3.63) is 64.9 Å². The monoisotopic (exact) mass is 410 g/mol. The second kappa shape index (κ2) is 9.09. The third-order valence-electron chi connectivity index (χ3n) is 4.99. The van der Waals surface area contributed by atoms with Gasteiger partial charge >= 0.3 is 0 Å². The molecule has 0 saturated carbocycles. The van der Waals surface area contributed by atoms with Crippen molar-refractivity contribution in [2.75, 3.05) is 13.2 Å². The highest BCUT2D eigenvalue weighted by molar-refractivity contribution is 6.30. The Morgan fingerprint density at radius 1 is 1.14 bits per heavy atom. The molecule has 0 unspecified atom stereocenters. The van der Waals surface area contributed by atoms with Gasteiger partial charge in [0.1, 0.15) is 11.4 Å². The molecule has 0 aliphatic heterocycles. The van der Waals surface area contributed by atoms with E-state index in [0.717, 1.165) is 24.2 Å². The van der Waals surface area contributed by atoms with Gasteiger partial charge < -0.3 is 10.1 Å². The van der Waals surface area contributed by atoms with E-state index in [9.17, 15) is 4.79 Å². The van der Waals surface area contributed by atoms with Crippen LogP contribution < -0.4 is 10.1 Å². The van der Waals surface area contributed by atoms with Crippen LogP contribution in [-0.4, -0.2) is 33.8 Å². The molecular formula is C22H23ClN4O2. The normalized spacial score (nSPS) is 13.0. The standard InChI is InChI=1S/C22H23ClN4O2/c23-16-8-10-17(11-9-16)29-15-21(28)25-13-14-27-20-7-2-1-5-18(20)22(26-27)19-6-3-4-12-24-19/h3-4,6,8-12H,1-2,5,7,13-15H2,(H,25,28). The highest BCUT2D eigenvalue weighted by atomic mass is 35.5. The van der Waals surface area contributed by atoms with Crippen molar-refractivity contribution in [3.63, 3.8) is 0 Å². The molecule has 29 heavy (non-hydrogen) atoms. The smallest absolute Gasteiger partial charge is 0.258 e. The number of carbonyl (C=O) groups excluding carboxylic acids is 1. The zero-order chi connectivity index (χ0) is 20.1. The van der Waals surface area contributed by atoms with Gasteiger partial charge in [0.15, 0.2) is 6.61 Å². The number of halogens is 1. The van der Waals surface area contributed by atoms with Gasteiger partial charge in [0.05, 0.1) is 12.2 Å². The maximum atomic E-state index is 12.1. The van der Waals surface area contributed by atoms with Gasteiger partial charge in [-0.2, -0.15) is 5.10 Å². The summed E-state index contributed by atoms with van der Waals surface area (Å²) >= 11 is 5.85. The summed E-state index contributed by atoms with van der Waals surface area (Å²) < 4.78 is 7.50. The minimum atomic E-state index is -0.161. The summed E-state index contributed by atoms with van der Waals surface area (Å²) in [6, 6.07) is 12.8. The second-order valence-corrected chi connectivity index (χ2v) is 7.45. The molecule has 0 atom stereocenters. The third-order valence-corrected chi connectivity index (χ3v) is 5.25. The number of hydrogen-bond acceptors (Lipinski definition) is 4. The first-order valence-electron chi connectivity index (χ1n) is 9.86.